The van der Waals surface area contributed by atoms with Gasteiger partial charge < -0.3 is 4.98 Å². The normalized spacial score (nSPS) is 20.6. The van der Waals surface area contributed by atoms with E-state index in [1.54, 1.807) is 0 Å². The van der Waals surface area contributed by atoms with Gasteiger partial charge in [-0.25, -0.2) is 0 Å². The van der Waals surface area contributed by atoms with Gasteiger partial charge in [0.2, 0.25) is 0 Å². The van der Waals surface area contributed by atoms with E-state index in [2.05, 4.69) is 62.2 Å². The lowest BCUT2D eigenvalue weighted by molar-refractivity contribution is 0.225. The topological polar surface area (TPSA) is 15.8 Å². The lowest BCUT2D eigenvalue weighted by atomic mass is 9.73. The highest BCUT2D eigenvalue weighted by molar-refractivity contribution is 5.84. The standard InChI is InChI=1S/C18H23N/c1-18(2,3)15-10-8-13(9-11-15)17-12-14-6-4-5-7-16(14)19-17/h4-8,12,15,19H,9-11H2,1-3H3. The highest BCUT2D eigenvalue weighted by Crippen LogP contribution is 2.39. The van der Waals surface area contributed by atoms with Crippen molar-refractivity contribution in [3.63, 3.8) is 0 Å². The molecule has 1 aromatic heterocycles. The van der Waals surface area contributed by atoms with Gasteiger partial charge in [-0.15, -0.1) is 0 Å². The van der Waals surface area contributed by atoms with Crippen LogP contribution in [0.15, 0.2) is 36.4 Å². The summed E-state index contributed by atoms with van der Waals surface area (Å²) >= 11 is 0. The molecule has 19 heavy (non-hydrogen) atoms. The number of para-hydroxylation sites is 1. The summed E-state index contributed by atoms with van der Waals surface area (Å²) in [4.78, 5) is 3.55. The fourth-order valence-corrected chi connectivity index (χ4v) is 3.11. The van der Waals surface area contributed by atoms with E-state index in [1.165, 1.54) is 41.4 Å². The van der Waals surface area contributed by atoms with Crippen LogP contribution in [-0.2, 0) is 0 Å². The van der Waals surface area contributed by atoms with Gasteiger partial charge in [0.25, 0.3) is 0 Å². The summed E-state index contributed by atoms with van der Waals surface area (Å²) in [6.07, 6.45) is 6.18. The molecule has 0 bridgehead atoms. The molecule has 1 aliphatic rings. The molecule has 100 valence electrons. The number of aromatic nitrogens is 1. The third-order valence-electron chi connectivity index (χ3n) is 4.51. The van der Waals surface area contributed by atoms with Gasteiger partial charge in [-0.05, 0) is 53.7 Å². The molecule has 0 aliphatic heterocycles. The quantitative estimate of drug-likeness (QED) is 0.700. The number of allylic oxidation sites excluding steroid dienone is 2. The van der Waals surface area contributed by atoms with Crippen LogP contribution in [-0.4, -0.2) is 4.98 Å². The van der Waals surface area contributed by atoms with Crippen LogP contribution in [0.3, 0.4) is 0 Å². The molecule has 0 fully saturated rings. The summed E-state index contributed by atoms with van der Waals surface area (Å²) in [5, 5.41) is 1.32. The molecule has 1 aliphatic carbocycles. The van der Waals surface area contributed by atoms with Gasteiger partial charge >= 0.3 is 0 Å². The van der Waals surface area contributed by atoms with Crippen LogP contribution in [0.1, 0.15) is 45.7 Å². The maximum atomic E-state index is 3.55. The number of H-pyrrole nitrogens is 1. The van der Waals surface area contributed by atoms with Crippen molar-refractivity contribution < 1.29 is 0 Å². The molecule has 3 rings (SSSR count). The predicted octanol–water partition coefficient (Wildman–Crippen LogP) is 5.40. The molecular weight excluding hydrogens is 230 g/mol. The molecule has 1 unspecified atom stereocenters. The maximum absolute atomic E-state index is 3.55. The lowest BCUT2D eigenvalue weighted by Gasteiger charge is -2.33. The summed E-state index contributed by atoms with van der Waals surface area (Å²) < 4.78 is 0. The molecule has 0 saturated carbocycles. The van der Waals surface area contributed by atoms with Gasteiger partial charge in [-0.2, -0.15) is 0 Å². The molecule has 2 aromatic rings. The second kappa shape index (κ2) is 4.56. The molecule has 1 nitrogen and oxygen atoms in total. The molecule has 0 amide bonds. The number of rotatable bonds is 1. The first kappa shape index (κ1) is 12.5. The Bertz CT molecular complexity index is 577. The fourth-order valence-electron chi connectivity index (χ4n) is 3.11. The van der Waals surface area contributed by atoms with Crippen molar-refractivity contribution in [3.05, 3.63) is 42.1 Å². The first-order chi connectivity index (χ1) is 9.04. The Kier molecular flexibility index (Phi) is 3.00. The van der Waals surface area contributed by atoms with E-state index in [-0.39, 0.29) is 0 Å². The van der Waals surface area contributed by atoms with Crippen molar-refractivity contribution in [2.75, 3.05) is 0 Å². The summed E-state index contributed by atoms with van der Waals surface area (Å²) in [6, 6.07) is 10.8. The summed E-state index contributed by atoms with van der Waals surface area (Å²) in [5.41, 5.74) is 4.49. The number of aromatic amines is 1. The van der Waals surface area contributed by atoms with Crippen molar-refractivity contribution in [1.82, 2.24) is 4.98 Å². The summed E-state index contributed by atoms with van der Waals surface area (Å²) in [5.74, 6) is 0.820. The van der Waals surface area contributed by atoms with Gasteiger partial charge in [0.05, 0.1) is 0 Å². The zero-order valence-corrected chi connectivity index (χ0v) is 12.2. The van der Waals surface area contributed by atoms with Crippen LogP contribution in [0.2, 0.25) is 0 Å². The lowest BCUT2D eigenvalue weighted by Crippen LogP contribution is -2.21. The monoisotopic (exact) mass is 253 g/mol. The van der Waals surface area contributed by atoms with E-state index in [1.807, 2.05) is 0 Å². The van der Waals surface area contributed by atoms with Crippen molar-refractivity contribution in [3.8, 4) is 0 Å². The van der Waals surface area contributed by atoms with E-state index in [0.717, 1.165) is 5.92 Å². The molecular formula is C18H23N. The Balaban J connectivity index is 1.86. The Hall–Kier alpha value is -1.50. The minimum Gasteiger partial charge on any atom is -0.355 e. The van der Waals surface area contributed by atoms with Gasteiger partial charge in [-0.1, -0.05) is 45.0 Å². The van der Waals surface area contributed by atoms with Crippen LogP contribution < -0.4 is 0 Å². The number of benzene rings is 1. The zero-order chi connectivity index (χ0) is 13.5. The Morgan fingerprint density at radius 2 is 1.95 bits per heavy atom. The molecule has 1 heteroatoms. The minimum absolute atomic E-state index is 0.433. The predicted molar refractivity (Wildman–Crippen MR) is 83.1 cm³/mol. The van der Waals surface area contributed by atoms with Crippen LogP contribution in [0.5, 0.6) is 0 Å². The van der Waals surface area contributed by atoms with Crippen LogP contribution >= 0.6 is 0 Å². The number of hydrogen-bond donors (Lipinski definition) is 1. The molecule has 1 heterocycles. The van der Waals surface area contributed by atoms with Gasteiger partial charge in [0.15, 0.2) is 0 Å². The first-order valence-electron chi connectivity index (χ1n) is 7.31. The first-order valence-corrected chi connectivity index (χ1v) is 7.31. The van der Waals surface area contributed by atoms with Gasteiger partial charge in [0.1, 0.15) is 0 Å². The Labute approximate surface area is 115 Å². The third kappa shape index (κ3) is 2.47. The maximum Gasteiger partial charge on any atom is 0.0458 e. The average molecular weight is 253 g/mol. The van der Waals surface area contributed by atoms with E-state index >= 15 is 0 Å². The highest BCUT2D eigenvalue weighted by atomic mass is 14.7. The molecule has 0 spiro atoms. The van der Waals surface area contributed by atoms with Crippen molar-refractivity contribution in [2.45, 2.75) is 40.0 Å². The molecule has 1 aromatic carbocycles. The van der Waals surface area contributed by atoms with E-state index in [0.29, 0.717) is 5.41 Å². The van der Waals surface area contributed by atoms with Crippen molar-refractivity contribution >= 4 is 16.5 Å². The van der Waals surface area contributed by atoms with E-state index < -0.39 is 0 Å². The molecule has 0 saturated heterocycles. The Morgan fingerprint density at radius 3 is 2.58 bits per heavy atom. The van der Waals surface area contributed by atoms with Crippen molar-refractivity contribution in [2.24, 2.45) is 11.3 Å². The summed E-state index contributed by atoms with van der Waals surface area (Å²) in [6.45, 7) is 7.08. The van der Waals surface area contributed by atoms with E-state index in [4.69, 9.17) is 0 Å². The largest absolute Gasteiger partial charge is 0.355 e. The second-order valence-corrected chi connectivity index (χ2v) is 6.84. The minimum atomic E-state index is 0.433. The zero-order valence-electron chi connectivity index (χ0n) is 12.2. The molecule has 1 atom stereocenters. The van der Waals surface area contributed by atoms with Crippen LogP contribution in [0.25, 0.3) is 16.5 Å². The number of nitrogens with one attached hydrogen (secondary N) is 1. The number of hydrogen-bond acceptors (Lipinski definition) is 0. The number of fused-ring (bicyclic) bond motifs is 1. The summed E-state index contributed by atoms with van der Waals surface area (Å²) in [7, 11) is 0. The van der Waals surface area contributed by atoms with Crippen LogP contribution in [0.4, 0.5) is 0 Å². The van der Waals surface area contributed by atoms with Gasteiger partial charge in [0, 0.05) is 11.2 Å². The van der Waals surface area contributed by atoms with E-state index in [9.17, 15) is 0 Å². The molecule has 0 radical (unpaired) electrons. The second-order valence-electron chi connectivity index (χ2n) is 6.84. The SMILES string of the molecule is CC(C)(C)C1CC=C(c2cc3ccccc3[nH]2)CC1. The van der Waals surface area contributed by atoms with Crippen LogP contribution in [0, 0.1) is 11.3 Å². The Morgan fingerprint density at radius 1 is 1.16 bits per heavy atom. The van der Waals surface area contributed by atoms with Gasteiger partial charge in [-0.3, -0.25) is 0 Å². The van der Waals surface area contributed by atoms with Crippen molar-refractivity contribution in [1.29, 1.82) is 0 Å². The molecule has 1 N–H and O–H groups in total. The fraction of sp³-hybridized carbons (Fsp3) is 0.444. The smallest absolute Gasteiger partial charge is 0.0458 e. The average Bonchev–Trinajstić information content (AvgIpc) is 2.81. The third-order valence-corrected chi connectivity index (χ3v) is 4.51. The highest BCUT2D eigenvalue weighted by Gasteiger charge is 2.26.